The van der Waals surface area contributed by atoms with E-state index in [0.717, 1.165) is 44.2 Å². The minimum Gasteiger partial charge on any atom is -0.339 e. The van der Waals surface area contributed by atoms with Crippen molar-refractivity contribution >= 4 is 11.9 Å². The van der Waals surface area contributed by atoms with E-state index in [1.165, 1.54) is 5.56 Å². The van der Waals surface area contributed by atoms with Crippen LogP contribution in [0.15, 0.2) is 36.7 Å². The Hall–Kier alpha value is -2.34. The Morgan fingerprint density at radius 1 is 1.12 bits per heavy atom. The van der Waals surface area contributed by atoms with Gasteiger partial charge in [-0.15, -0.1) is 0 Å². The van der Waals surface area contributed by atoms with Gasteiger partial charge in [-0.05, 0) is 31.8 Å². The largest absolute Gasteiger partial charge is 0.339 e. The highest BCUT2D eigenvalue weighted by Crippen LogP contribution is 2.15. The number of benzene rings is 1. The summed E-state index contributed by atoms with van der Waals surface area (Å²) in [6.45, 7) is 3.97. The zero-order chi connectivity index (χ0) is 17.1. The predicted octanol–water partition coefficient (Wildman–Crippen LogP) is 1.44. The number of anilines is 1. The maximum atomic E-state index is 12.7. The molecule has 3 rings (SSSR count). The lowest BCUT2D eigenvalue weighted by atomic mass is 10.1. The second-order valence-corrected chi connectivity index (χ2v) is 6.55. The van der Waals surface area contributed by atoms with E-state index in [9.17, 15) is 4.79 Å². The number of imidazole rings is 1. The van der Waals surface area contributed by atoms with Crippen LogP contribution in [0.4, 0.5) is 5.95 Å². The van der Waals surface area contributed by atoms with Crippen molar-refractivity contribution in [3.63, 3.8) is 0 Å². The highest BCUT2D eigenvalue weighted by atomic mass is 16.2. The fraction of sp³-hybridized carbons (Fsp3) is 0.444. The van der Waals surface area contributed by atoms with Gasteiger partial charge in [-0.2, -0.15) is 0 Å². The molecule has 2 aromatic rings. The van der Waals surface area contributed by atoms with Gasteiger partial charge in [0.15, 0.2) is 0 Å². The van der Waals surface area contributed by atoms with Gasteiger partial charge in [0.1, 0.15) is 0 Å². The third-order valence-electron chi connectivity index (χ3n) is 4.35. The van der Waals surface area contributed by atoms with Crippen LogP contribution in [0.3, 0.4) is 0 Å². The van der Waals surface area contributed by atoms with Crippen molar-refractivity contribution in [3.05, 3.63) is 47.8 Å². The van der Waals surface area contributed by atoms with Gasteiger partial charge in [0.25, 0.3) is 5.91 Å². The topological polar surface area (TPSA) is 44.6 Å². The summed E-state index contributed by atoms with van der Waals surface area (Å²) in [5.41, 5.74) is 1.99. The summed E-state index contributed by atoms with van der Waals surface area (Å²) in [5, 5.41) is 0. The normalized spacial score (nSPS) is 15.2. The Bertz CT molecular complexity index is 684. The van der Waals surface area contributed by atoms with Gasteiger partial charge in [-0.25, -0.2) is 4.98 Å². The number of hydrogen-bond acceptors (Lipinski definition) is 4. The van der Waals surface area contributed by atoms with Crippen LogP contribution < -0.4 is 4.90 Å². The molecular weight excluding hydrogens is 302 g/mol. The first-order chi connectivity index (χ1) is 11.5. The van der Waals surface area contributed by atoms with Gasteiger partial charge in [0.2, 0.25) is 5.95 Å². The molecular formula is C18H25N5O. The van der Waals surface area contributed by atoms with Gasteiger partial charge in [0, 0.05) is 57.7 Å². The van der Waals surface area contributed by atoms with Crippen LogP contribution in [0.25, 0.3) is 0 Å². The monoisotopic (exact) mass is 327 g/mol. The molecule has 0 saturated carbocycles. The fourth-order valence-corrected chi connectivity index (χ4v) is 3.07. The van der Waals surface area contributed by atoms with E-state index in [0.29, 0.717) is 0 Å². The third-order valence-corrected chi connectivity index (χ3v) is 4.35. The summed E-state index contributed by atoms with van der Waals surface area (Å²) in [5.74, 6) is 1.08. The summed E-state index contributed by atoms with van der Waals surface area (Å²) in [4.78, 5) is 23.3. The first-order valence-electron chi connectivity index (χ1n) is 8.30. The molecule has 1 aliphatic rings. The van der Waals surface area contributed by atoms with Crippen molar-refractivity contribution in [2.75, 3.05) is 45.2 Å². The molecule has 6 heteroatoms. The fourth-order valence-electron chi connectivity index (χ4n) is 3.07. The summed E-state index contributed by atoms with van der Waals surface area (Å²) in [6, 6.07) is 7.95. The van der Waals surface area contributed by atoms with Crippen molar-refractivity contribution in [3.8, 4) is 0 Å². The van der Waals surface area contributed by atoms with Crippen molar-refractivity contribution in [1.82, 2.24) is 19.4 Å². The van der Waals surface area contributed by atoms with Crippen LogP contribution >= 0.6 is 0 Å². The molecule has 0 radical (unpaired) electrons. The number of nitrogens with zero attached hydrogens (tertiary/aromatic N) is 5. The molecule has 128 valence electrons. The van der Waals surface area contributed by atoms with Crippen LogP contribution in [-0.4, -0.2) is 65.5 Å². The van der Waals surface area contributed by atoms with Crippen LogP contribution in [0.5, 0.6) is 0 Å². The van der Waals surface area contributed by atoms with Crippen molar-refractivity contribution in [1.29, 1.82) is 0 Å². The zero-order valence-electron chi connectivity index (χ0n) is 14.6. The molecule has 2 heterocycles. The lowest BCUT2D eigenvalue weighted by Gasteiger charge is -2.35. The Balaban J connectivity index is 1.60. The van der Waals surface area contributed by atoms with Crippen LogP contribution in [0, 0.1) is 0 Å². The van der Waals surface area contributed by atoms with Crippen LogP contribution in [0.1, 0.15) is 15.9 Å². The summed E-state index contributed by atoms with van der Waals surface area (Å²) >= 11 is 0. The molecule has 0 atom stereocenters. The van der Waals surface area contributed by atoms with Crippen molar-refractivity contribution in [2.24, 2.45) is 7.05 Å². The molecule has 1 aromatic heterocycles. The molecule has 0 N–H and O–H groups in total. The quantitative estimate of drug-likeness (QED) is 0.852. The SMILES string of the molecule is CN(C)Cc1ccc(C(=O)N2CCN(c3nccn3C)CC2)cc1. The molecule has 24 heavy (non-hydrogen) atoms. The number of rotatable bonds is 4. The standard InChI is InChI=1S/C18H25N5O/c1-20(2)14-15-4-6-16(7-5-15)17(24)22-10-12-23(13-11-22)18-19-8-9-21(18)3/h4-9H,10-14H2,1-3H3. The molecule has 0 aliphatic carbocycles. The first-order valence-corrected chi connectivity index (χ1v) is 8.30. The number of piperazine rings is 1. The molecule has 6 nitrogen and oxygen atoms in total. The molecule has 1 saturated heterocycles. The number of aryl methyl sites for hydroxylation is 1. The highest BCUT2D eigenvalue weighted by molar-refractivity contribution is 5.94. The summed E-state index contributed by atoms with van der Waals surface area (Å²) in [6.07, 6.45) is 3.75. The molecule has 0 spiro atoms. The van der Waals surface area contributed by atoms with E-state index in [1.54, 1.807) is 0 Å². The maximum Gasteiger partial charge on any atom is 0.253 e. The number of hydrogen-bond donors (Lipinski definition) is 0. The number of carbonyl (C=O) groups excluding carboxylic acids is 1. The van der Waals surface area contributed by atoms with E-state index in [1.807, 2.05) is 67.3 Å². The first kappa shape index (κ1) is 16.5. The highest BCUT2D eigenvalue weighted by Gasteiger charge is 2.23. The van der Waals surface area contributed by atoms with Gasteiger partial charge in [-0.1, -0.05) is 12.1 Å². The molecule has 1 aromatic carbocycles. The summed E-state index contributed by atoms with van der Waals surface area (Å²) < 4.78 is 2.01. The Labute approximate surface area is 143 Å². The van der Waals surface area contributed by atoms with Gasteiger partial charge in [0.05, 0.1) is 0 Å². The lowest BCUT2D eigenvalue weighted by Crippen LogP contribution is -2.49. The zero-order valence-corrected chi connectivity index (χ0v) is 14.6. The molecule has 1 amide bonds. The van der Waals surface area contributed by atoms with E-state index >= 15 is 0 Å². The molecule has 1 fully saturated rings. The van der Waals surface area contributed by atoms with E-state index < -0.39 is 0 Å². The summed E-state index contributed by atoms with van der Waals surface area (Å²) in [7, 11) is 6.08. The van der Waals surface area contributed by atoms with Crippen LogP contribution in [0.2, 0.25) is 0 Å². The molecule has 1 aliphatic heterocycles. The predicted molar refractivity (Wildman–Crippen MR) is 95.2 cm³/mol. The number of carbonyl (C=O) groups is 1. The van der Waals surface area contributed by atoms with Crippen molar-refractivity contribution in [2.45, 2.75) is 6.54 Å². The minimum absolute atomic E-state index is 0.117. The average Bonchev–Trinajstić information content (AvgIpc) is 3.00. The van der Waals surface area contributed by atoms with E-state index in [4.69, 9.17) is 0 Å². The number of amides is 1. The minimum atomic E-state index is 0.117. The third kappa shape index (κ3) is 3.59. The van der Waals surface area contributed by atoms with Gasteiger partial charge in [-0.3, -0.25) is 4.79 Å². The second kappa shape index (κ2) is 7.05. The Morgan fingerprint density at radius 2 is 1.79 bits per heavy atom. The van der Waals surface area contributed by atoms with Gasteiger partial charge >= 0.3 is 0 Å². The Morgan fingerprint density at radius 3 is 2.33 bits per heavy atom. The lowest BCUT2D eigenvalue weighted by molar-refractivity contribution is 0.0746. The van der Waals surface area contributed by atoms with Crippen molar-refractivity contribution < 1.29 is 4.79 Å². The van der Waals surface area contributed by atoms with E-state index in [2.05, 4.69) is 14.8 Å². The molecule has 0 unspecified atom stereocenters. The van der Waals surface area contributed by atoms with Crippen LogP contribution in [-0.2, 0) is 13.6 Å². The molecule has 0 bridgehead atoms. The Kier molecular flexibility index (Phi) is 4.85. The van der Waals surface area contributed by atoms with E-state index in [-0.39, 0.29) is 5.91 Å². The smallest absolute Gasteiger partial charge is 0.253 e. The maximum absolute atomic E-state index is 12.7. The average molecular weight is 327 g/mol. The van der Waals surface area contributed by atoms with Gasteiger partial charge < -0.3 is 19.3 Å². The second-order valence-electron chi connectivity index (χ2n) is 6.55. The number of aromatic nitrogens is 2.